The van der Waals surface area contributed by atoms with Crippen molar-refractivity contribution in [2.24, 2.45) is 0 Å². The molecule has 90 valence electrons. The minimum atomic E-state index is 0.472. The predicted molar refractivity (Wildman–Crippen MR) is 76.9 cm³/mol. The second-order valence-corrected chi connectivity index (χ2v) is 5.54. The zero-order valence-corrected chi connectivity index (χ0v) is 11.2. The molecule has 0 radical (unpaired) electrons. The van der Waals surface area contributed by atoms with E-state index in [4.69, 9.17) is 0 Å². The molecule has 2 aromatic heterocycles. The lowest BCUT2D eigenvalue weighted by atomic mass is 9.94. The maximum Gasteiger partial charge on any atom is 0.0818 e. The lowest BCUT2D eigenvalue weighted by Crippen LogP contribution is -1.93. The van der Waals surface area contributed by atoms with Crippen LogP contribution in [0.4, 0.5) is 0 Å². The van der Waals surface area contributed by atoms with Crippen molar-refractivity contribution in [1.82, 2.24) is 9.97 Å². The Morgan fingerprint density at radius 1 is 1.17 bits per heavy atom. The van der Waals surface area contributed by atoms with E-state index in [-0.39, 0.29) is 0 Å². The summed E-state index contributed by atoms with van der Waals surface area (Å²) in [6.07, 6.45) is 3.82. The zero-order chi connectivity index (χ0) is 12.5. The number of aromatic nitrogens is 2. The molecule has 0 unspecified atom stereocenters. The van der Waals surface area contributed by atoms with Gasteiger partial charge in [-0.2, -0.15) is 0 Å². The molecule has 0 N–H and O–H groups in total. The fourth-order valence-corrected chi connectivity index (χ4v) is 2.81. The first-order chi connectivity index (χ1) is 8.75. The van der Waals surface area contributed by atoms with Crippen LogP contribution >= 0.6 is 11.3 Å². The molecule has 0 atom stereocenters. The van der Waals surface area contributed by atoms with Gasteiger partial charge in [-0.05, 0) is 40.8 Å². The van der Waals surface area contributed by atoms with Crippen molar-refractivity contribution < 1.29 is 0 Å². The lowest BCUT2D eigenvalue weighted by molar-refractivity contribution is 0.861. The molecule has 0 saturated heterocycles. The summed E-state index contributed by atoms with van der Waals surface area (Å²) in [7, 11) is 0. The summed E-state index contributed by atoms with van der Waals surface area (Å²) in [4.78, 5) is 8.61. The summed E-state index contributed by atoms with van der Waals surface area (Å²) in [5, 5.41) is 0. The Balaban J connectivity index is 2.19. The van der Waals surface area contributed by atoms with E-state index in [2.05, 4.69) is 48.1 Å². The molecular formula is C15H14N2S. The molecule has 0 spiro atoms. The van der Waals surface area contributed by atoms with Crippen LogP contribution in [-0.2, 0) is 0 Å². The Kier molecular flexibility index (Phi) is 2.84. The van der Waals surface area contributed by atoms with Crippen LogP contribution in [0, 0.1) is 0 Å². The molecule has 18 heavy (non-hydrogen) atoms. The summed E-state index contributed by atoms with van der Waals surface area (Å²) in [5.41, 5.74) is 6.73. The van der Waals surface area contributed by atoms with E-state index in [0.717, 1.165) is 5.52 Å². The van der Waals surface area contributed by atoms with Gasteiger partial charge in [-0.15, -0.1) is 11.3 Å². The van der Waals surface area contributed by atoms with E-state index in [1.54, 1.807) is 11.3 Å². The summed E-state index contributed by atoms with van der Waals surface area (Å²) < 4.78 is 1.24. The fourth-order valence-electron chi connectivity index (χ4n) is 2.16. The highest BCUT2D eigenvalue weighted by Gasteiger charge is 2.09. The van der Waals surface area contributed by atoms with Crippen molar-refractivity contribution in [1.29, 1.82) is 0 Å². The van der Waals surface area contributed by atoms with Crippen LogP contribution in [0.3, 0.4) is 0 Å². The van der Waals surface area contributed by atoms with Crippen LogP contribution in [0.2, 0.25) is 0 Å². The van der Waals surface area contributed by atoms with Crippen LogP contribution in [0.25, 0.3) is 21.3 Å². The number of fused-ring (bicyclic) bond motifs is 1. The van der Waals surface area contributed by atoms with Crippen LogP contribution < -0.4 is 0 Å². The van der Waals surface area contributed by atoms with Crippen LogP contribution in [-0.4, -0.2) is 9.97 Å². The highest BCUT2D eigenvalue weighted by Crippen LogP contribution is 2.30. The first kappa shape index (κ1) is 11.4. The Hall–Kier alpha value is -1.74. The highest BCUT2D eigenvalue weighted by atomic mass is 32.1. The maximum absolute atomic E-state index is 4.38. The Morgan fingerprint density at radius 3 is 2.89 bits per heavy atom. The van der Waals surface area contributed by atoms with E-state index in [0.29, 0.717) is 5.92 Å². The van der Waals surface area contributed by atoms with Crippen LogP contribution in [0.1, 0.15) is 25.3 Å². The standard InChI is InChI=1S/C15H14N2S/c1-10(2)13-8-16-6-5-12(13)11-3-4-15-14(7-11)17-9-18-15/h3-10H,1-2H3. The molecule has 0 aliphatic carbocycles. The maximum atomic E-state index is 4.38. The summed E-state index contributed by atoms with van der Waals surface area (Å²) in [5.74, 6) is 0.472. The Bertz CT molecular complexity index is 686. The monoisotopic (exact) mass is 254 g/mol. The summed E-state index contributed by atoms with van der Waals surface area (Å²) in [6.45, 7) is 4.39. The van der Waals surface area contributed by atoms with Crippen molar-refractivity contribution >= 4 is 21.6 Å². The molecule has 3 heteroatoms. The van der Waals surface area contributed by atoms with Gasteiger partial charge in [0.1, 0.15) is 0 Å². The first-order valence-corrected chi connectivity index (χ1v) is 6.91. The van der Waals surface area contributed by atoms with Crippen LogP contribution in [0.5, 0.6) is 0 Å². The number of rotatable bonds is 2. The Morgan fingerprint density at radius 2 is 2.06 bits per heavy atom. The molecule has 0 bridgehead atoms. The van der Waals surface area contributed by atoms with Crippen molar-refractivity contribution in [3.63, 3.8) is 0 Å². The number of thiazole rings is 1. The van der Waals surface area contributed by atoms with Gasteiger partial charge in [0.25, 0.3) is 0 Å². The third-order valence-electron chi connectivity index (χ3n) is 3.12. The average Bonchev–Trinajstić information content (AvgIpc) is 2.85. The molecule has 0 fully saturated rings. The van der Waals surface area contributed by atoms with Gasteiger partial charge < -0.3 is 0 Å². The Labute approximate surface area is 110 Å². The van der Waals surface area contributed by atoms with E-state index >= 15 is 0 Å². The molecule has 0 amide bonds. The number of hydrogen-bond acceptors (Lipinski definition) is 3. The number of hydrogen-bond donors (Lipinski definition) is 0. The fraction of sp³-hybridized carbons (Fsp3) is 0.200. The average molecular weight is 254 g/mol. The predicted octanol–water partition coefficient (Wildman–Crippen LogP) is 4.48. The first-order valence-electron chi connectivity index (χ1n) is 6.03. The van der Waals surface area contributed by atoms with Gasteiger partial charge >= 0.3 is 0 Å². The van der Waals surface area contributed by atoms with Crippen molar-refractivity contribution in [2.45, 2.75) is 19.8 Å². The van der Waals surface area contributed by atoms with E-state index in [1.165, 1.54) is 21.4 Å². The quantitative estimate of drug-likeness (QED) is 0.673. The minimum absolute atomic E-state index is 0.472. The number of pyridine rings is 1. The normalized spacial score (nSPS) is 11.3. The van der Waals surface area contributed by atoms with Gasteiger partial charge in [0.15, 0.2) is 0 Å². The SMILES string of the molecule is CC(C)c1cnccc1-c1ccc2scnc2c1. The van der Waals surface area contributed by atoms with Gasteiger partial charge in [0, 0.05) is 12.4 Å². The number of nitrogens with zero attached hydrogens (tertiary/aromatic N) is 2. The molecule has 1 aromatic carbocycles. The van der Waals surface area contributed by atoms with Gasteiger partial charge in [0.05, 0.1) is 15.7 Å². The largest absolute Gasteiger partial charge is 0.264 e. The summed E-state index contributed by atoms with van der Waals surface area (Å²) in [6, 6.07) is 8.56. The molecule has 2 heterocycles. The molecule has 0 aliphatic rings. The van der Waals surface area contributed by atoms with Crippen molar-refractivity contribution in [2.75, 3.05) is 0 Å². The van der Waals surface area contributed by atoms with E-state index in [1.807, 2.05) is 17.9 Å². The summed E-state index contributed by atoms with van der Waals surface area (Å²) >= 11 is 1.68. The molecule has 3 aromatic rings. The zero-order valence-electron chi connectivity index (χ0n) is 10.4. The second-order valence-electron chi connectivity index (χ2n) is 4.65. The van der Waals surface area contributed by atoms with Gasteiger partial charge in [0.2, 0.25) is 0 Å². The topological polar surface area (TPSA) is 25.8 Å². The number of benzene rings is 1. The molecule has 0 saturated carbocycles. The van der Waals surface area contributed by atoms with Gasteiger partial charge in [-0.25, -0.2) is 4.98 Å². The minimum Gasteiger partial charge on any atom is -0.264 e. The molecular weight excluding hydrogens is 240 g/mol. The smallest absolute Gasteiger partial charge is 0.0818 e. The van der Waals surface area contributed by atoms with Gasteiger partial charge in [-0.3, -0.25) is 4.98 Å². The van der Waals surface area contributed by atoms with E-state index in [9.17, 15) is 0 Å². The van der Waals surface area contributed by atoms with Gasteiger partial charge in [-0.1, -0.05) is 19.9 Å². The molecule has 2 nitrogen and oxygen atoms in total. The lowest BCUT2D eigenvalue weighted by Gasteiger charge is -2.11. The highest BCUT2D eigenvalue weighted by molar-refractivity contribution is 7.16. The van der Waals surface area contributed by atoms with E-state index < -0.39 is 0 Å². The molecule has 3 rings (SSSR count). The third-order valence-corrected chi connectivity index (χ3v) is 3.93. The third kappa shape index (κ3) is 1.91. The van der Waals surface area contributed by atoms with Crippen molar-refractivity contribution in [3.05, 3.63) is 47.7 Å². The second kappa shape index (κ2) is 4.50. The van der Waals surface area contributed by atoms with Crippen molar-refractivity contribution in [3.8, 4) is 11.1 Å². The van der Waals surface area contributed by atoms with Crippen LogP contribution in [0.15, 0.2) is 42.2 Å². The molecule has 0 aliphatic heterocycles.